The lowest BCUT2D eigenvalue weighted by atomic mass is 10.2. The minimum absolute atomic E-state index is 0.269. The van der Waals surface area contributed by atoms with Gasteiger partial charge in [-0.1, -0.05) is 30.3 Å². The van der Waals surface area contributed by atoms with E-state index in [-0.39, 0.29) is 5.82 Å². The van der Waals surface area contributed by atoms with Crippen LogP contribution in [0, 0.1) is 5.82 Å². The number of thiazole rings is 1. The summed E-state index contributed by atoms with van der Waals surface area (Å²) in [5.41, 5.74) is 3.26. The van der Waals surface area contributed by atoms with Gasteiger partial charge in [0.25, 0.3) is 0 Å². The van der Waals surface area contributed by atoms with Crippen LogP contribution in [0.25, 0.3) is 10.6 Å². The van der Waals surface area contributed by atoms with E-state index in [1.54, 1.807) is 18.4 Å². The standard InChI is InChI=1S/C22H24FN3OS/c1-27-21-14-18(23)8-9-20(21)26-11-5-10-25(12-13-26)15-19-16-28-22(24-19)17-6-3-2-4-7-17/h2-4,6-9,14,16H,5,10-13,15H2,1H3. The Morgan fingerprint density at radius 1 is 1.07 bits per heavy atom. The summed E-state index contributed by atoms with van der Waals surface area (Å²) in [5, 5.41) is 3.23. The van der Waals surface area contributed by atoms with E-state index in [0.717, 1.165) is 55.5 Å². The minimum atomic E-state index is -0.269. The Hall–Kier alpha value is -2.44. The largest absolute Gasteiger partial charge is 0.494 e. The summed E-state index contributed by atoms with van der Waals surface area (Å²) in [7, 11) is 1.59. The van der Waals surface area contributed by atoms with Crippen LogP contribution in [0.5, 0.6) is 5.75 Å². The van der Waals surface area contributed by atoms with E-state index in [1.807, 2.05) is 24.3 Å². The number of anilines is 1. The Kier molecular flexibility index (Phi) is 5.88. The molecule has 1 aromatic heterocycles. The molecule has 28 heavy (non-hydrogen) atoms. The summed E-state index contributed by atoms with van der Waals surface area (Å²) in [6.45, 7) is 4.65. The fourth-order valence-electron chi connectivity index (χ4n) is 3.60. The molecule has 2 heterocycles. The average Bonchev–Trinajstić information content (AvgIpc) is 3.07. The van der Waals surface area contributed by atoms with Crippen LogP contribution < -0.4 is 9.64 Å². The van der Waals surface area contributed by atoms with Crippen LogP contribution >= 0.6 is 11.3 Å². The molecule has 0 unspecified atom stereocenters. The van der Waals surface area contributed by atoms with Gasteiger partial charge in [0, 0.05) is 49.7 Å². The molecule has 0 aliphatic carbocycles. The normalized spacial score (nSPS) is 15.4. The maximum atomic E-state index is 13.5. The van der Waals surface area contributed by atoms with Gasteiger partial charge in [-0.15, -0.1) is 11.3 Å². The summed E-state index contributed by atoms with van der Waals surface area (Å²) in [5.74, 6) is 0.329. The monoisotopic (exact) mass is 397 g/mol. The van der Waals surface area contributed by atoms with Crippen LogP contribution in [0.2, 0.25) is 0 Å². The first kappa shape index (κ1) is 18.9. The summed E-state index contributed by atoms with van der Waals surface area (Å²) in [6.07, 6.45) is 1.05. The van der Waals surface area contributed by atoms with Gasteiger partial charge >= 0.3 is 0 Å². The van der Waals surface area contributed by atoms with Gasteiger partial charge in [-0.05, 0) is 18.6 Å². The van der Waals surface area contributed by atoms with Gasteiger partial charge in [-0.25, -0.2) is 9.37 Å². The van der Waals surface area contributed by atoms with Crippen molar-refractivity contribution in [2.24, 2.45) is 0 Å². The summed E-state index contributed by atoms with van der Waals surface area (Å²) in [4.78, 5) is 9.55. The van der Waals surface area contributed by atoms with Gasteiger partial charge in [0.1, 0.15) is 16.6 Å². The third kappa shape index (κ3) is 4.34. The van der Waals surface area contributed by atoms with Gasteiger partial charge < -0.3 is 9.64 Å². The second kappa shape index (κ2) is 8.71. The highest BCUT2D eigenvalue weighted by molar-refractivity contribution is 7.13. The Balaban J connectivity index is 1.40. The second-order valence-electron chi connectivity index (χ2n) is 6.94. The first-order valence-corrected chi connectivity index (χ1v) is 10.4. The highest BCUT2D eigenvalue weighted by atomic mass is 32.1. The molecule has 2 aromatic carbocycles. The fourth-order valence-corrected chi connectivity index (χ4v) is 4.42. The Morgan fingerprint density at radius 3 is 2.75 bits per heavy atom. The highest BCUT2D eigenvalue weighted by Gasteiger charge is 2.19. The van der Waals surface area contributed by atoms with E-state index >= 15 is 0 Å². The lowest BCUT2D eigenvalue weighted by Crippen LogP contribution is -2.30. The zero-order valence-electron chi connectivity index (χ0n) is 16.0. The molecule has 4 rings (SSSR count). The molecule has 1 aliphatic rings. The van der Waals surface area contributed by atoms with Gasteiger partial charge in [-0.3, -0.25) is 4.90 Å². The molecule has 6 heteroatoms. The van der Waals surface area contributed by atoms with E-state index in [0.29, 0.717) is 5.75 Å². The van der Waals surface area contributed by atoms with Crippen molar-refractivity contribution in [2.45, 2.75) is 13.0 Å². The number of aromatic nitrogens is 1. The molecule has 0 atom stereocenters. The number of hydrogen-bond acceptors (Lipinski definition) is 5. The topological polar surface area (TPSA) is 28.6 Å². The van der Waals surface area contributed by atoms with Crippen LogP contribution in [0.1, 0.15) is 12.1 Å². The number of hydrogen-bond donors (Lipinski definition) is 0. The first-order chi connectivity index (χ1) is 13.7. The van der Waals surface area contributed by atoms with Gasteiger partial charge in [0.2, 0.25) is 0 Å². The smallest absolute Gasteiger partial charge is 0.145 e. The predicted octanol–water partition coefficient (Wildman–Crippen LogP) is 4.67. The number of methoxy groups -OCH3 is 1. The first-order valence-electron chi connectivity index (χ1n) is 9.53. The molecule has 0 radical (unpaired) electrons. The van der Waals surface area contributed by atoms with Crippen molar-refractivity contribution in [3.05, 3.63) is 65.4 Å². The third-order valence-corrected chi connectivity index (χ3v) is 5.97. The molecule has 4 nitrogen and oxygen atoms in total. The zero-order valence-corrected chi connectivity index (χ0v) is 16.8. The van der Waals surface area contributed by atoms with E-state index in [2.05, 4.69) is 27.3 Å². The summed E-state index contributed by atoms with van der Waals surface area (Å²) < 4.78 is 18.9. The SMILES string of the molecule is COc1cc(F)ccc1N1CCCN(Cc2csc(-c3ccccc3)n2)CC1. The molecule has 3 aromatic rings. The van der Waals surface area contributed by atoms with Crippen molar-refractivity contribution in [1.82, 2.24) is 9.88 Å². The van der Waals surface area contributed by atoms with Crippen LogP contribution in [0.3, 0.4) is 0 Å². The van der Waals surface area contributed by atoms with Crippen molar-refractivity contribution in [3.63, 3.8) is 0 Å². The molecule has 1 fully saturated rings. The molecular weight excluding hydrogens is 373 g/mol. The van der Waals surface area contributed by atoms with E-state index in [4.69, 9.17) is 9.72 Å². The third-order valence-electron chi connectivity index (χ3n) is 5.03. The summed E-state index contributed by atoms with van der Waals surface area (Å²) in [6, 6.07) is 15.1. The van der Waals surface area contributed by atoms with Crippen molar-refractivity contribution in [1.29, 1.82) is 0 Å². The lowest BCUT2D eigenvalue weighted by Gasteiger charge is -2.25. The number of rotatable bonds is 5. The second-order valence-corrected chi connectivity index (χ2v) is 7.80. The van der Waals surface area contributed by atoms with Gasteiger partial charge in [0.15, 0.2) is 0 Å². The quantitative estimate of drug-likeness (QED) is 0.626. The van der Waals surface area contributed by atoms with Crippen LogP contribution in [0.15, 0.2) is 53.9 Å². The predicted molar refractivity (Wildman–Crippen MR) is 113 cm³/mol. The maximum absolute atomic E-state index is 13.5. The molecule has 0 N–H and O–H groups in total. The Morgan fingerprint density at radius 2 is 1.93 bits per heavy atom. The number of ether oxygens (including phenoxy) is 1. The minimum Gasteiger partial charge on any atom is -0.494 e. The Labute approximate surface area is 169 Å². The molecule has 1 aliphatic heterocycles. The fraction of sp³-hybridized carbons (Fsp3) is 0.318. The van der Waals surface area contributed by atoms with Gasteiger partial charge in [-0.2, -0.15) is 0 Å². The van der Waals surface area contributed by atoms with Crippen LogP contribution in [0.4, 0.5) is 10.1 Å². The molecule has 0 spiro atoms. The van der Waals surface area contributed by atoms with Gasteiger partial charge in [0.05, 0.1) is 18.5 Å². The molecule has 1 saturated heterocycles. The lowest BCUT2D eigenvalue weighted by molar-refractivity contribution is 0.282. The summed E-state index contributed by atoms with van der Waals surface area (Å²) >= 11 is 1.70. The van der Waals surface area contributed by atoms with Crippen molar-refractivity contribution in [3.8, 4) is 16.3 Å². The highest BCUT2D eigenvalue weighted by Crippen LogP contribution is 2.30. The van der Waals surface area contributed by atoms with Crippen LogP contribution in [-0.2, 0) is 6.54 Å². The number of nitrogens with zero attached hydrogens (tertiary/aromatic N) is 3. The number of halogens is 1. The van der Waals surface area contributed by atoms with E-state index < -0.39 is 0 Å². The maximum Gasteiger partial charge on any atom is 0.145 e. The Bertz CT molecular complexity index is 915. The van der Waals surface area contributed by atoms with E-state index in [1.165, 1.54) is 17.7 Å². The van der Waals surface area contributed by atoms with E-state index in [9.17, 15) is 4.39 Å². The molecular formula is C22H24FN3OS. The molecule has 0 bridgehead atoms. The molecule has 146 valence electrons. The number of benzene rings is 2. The van der Waals surface area contributed by atoms with Crippen LogP contribution in [-0.4, -0.2) is 43.2 Å². The molecule has 0 saturated carbocycles. The van der Waals surface area contributed by atoms with Crippen molar-refractivity contribution >= 4 is 17.0 Å². The molecule has 0 amide bonds. The average molecular weight is 398 g/mol. The van der Waals surface area contributed by atoms with Crippen molar-refractivity contribution < 1.29 is 9.13 Å². The zero-order chi connectivity index (χ0) is 19.3. The van der Waals surface area contributed by atoms with Crippen molar-refractivity contribution in [2.75, 3.05) is 38.2 Å².